The third-order valence-electron chi connectivity index (χ3n) is 3.77. The molecule has 0 radical (unpaired) electrons. The fourth-order valence-corrected chi connectivity index (χ4v) is 2.79. The second kappa shape index (κ2) is 6.76. The van der Waals surface area contributed by atoms with Crippen molar-refractivity contribution in [3.63, 3.8) is 0 Å². The number of hydrogen-bond acceptors (Lipinski definition) is 3. The van der Waals surface area contributed by atoms with E-state index in [2.05, 4.69) is 48.0 Å². The number of aromatic nitrogens is 2. The molecule has 1 aromatic carbocycles. The molecule has 4 heteroatoms. The van der Waals surface area contributed by atoms with Gasteiger partial charge in [-0.1, -0.05) is 13.0 Å². The maximum absolute atomic E-state index is 5.35. The molecule has 1 N–H and O–H groups in total. The fraction of sp³-hybridized carbons (Fsp3) is 0.471. The van der Waals surface area contributed by atoms with Crippen LogP contribution in [0, 0.1) is 13.8 Å². The quantitative estimate of drug-likeness (QED) is 0.886. The van der Waals surface area contributed by atoms with Crippen LogP contribution >= 0.6 is 0 Å². The van der Waals surface area contributed by atoms with Crippen LogP contribution in [0.3, 0.4) is 0 Å². The predicted molar refractivity (Wildman–Crippen MR) is 86.7 cm³/mol. The Balaban J connectivity index is 2.55. The molecule has 0 aliphatic rings. The number of aryl methyl sites for hydroxylation is 2. The molecule has 1 heterocycles. The van der Waals surface area contributed by atoms with Gasteiger partial charge in [-0.3, -0.25) is 4.68 Å². The van der Waals surface area contributed by atoms with E-state index in [0.29, 0.717) is 0 Å². The number of rotatable bonds is 6. The first-order valence-electron chi connectivity index (χ1n) is 7.48. The molecule has 4 nitrogen and oxygen atoms in total. The summed E-state index contributed by atoms with van der Waals surface area (Å²) < 4.78 is 7.46. The number of hydrogen-bond donors (Lipinski definition) is 1. The Morgan fingerprint density at radius 3 is 2.67 bits per heavy atom. The summed E-state index contributed by atoms with van der Waals surface area (Å²) in [6.45, 7) is 8.19. The molecule has 0 bridgehead atoms. The second-order valence-electron chi connectivity index (χ2n) is 5.32. The van der Waals surface area contributed by atoms with Crippen LogP contribution in [-0.2, 0) is 13.1 Å². The van der Waals surface area contributed by atoms with Crippen LogP contribution in [0.2, 0.25) is 0 Å². The molecule has 0 aliphatic heterocycles. The van der Waals surface area contributed by atoms with Crippen LogP contribution in [0.15, 0.2) is 18.2 Å². The minimum atomic E-state index is 0.810. The van der Waals surface area contributed by atoms with E-state index in [1.807, 2.05) is 13.1 Å². The Kier molecular flexibility index (Phi) is 5.02. The molecule has 0 fully saturated rings. The van der Waals surface area contributed by atoms with Gasteiger partial charge in [0.1, 0.15) is 5.75 Å². The van der Waals surface area contributed by atoms with E-state index in [1.54, 1.807) is 7.11 Å². The summed E-state index contributed by atoms with van der Waals surface area (Å²) in [6, 6.07) is 6.26. The number of ether oxygens (including phenoxy) is 1. The highest BCUT2D eigenvalue weighted by Gasteiger charge is 2.16. The predicted octanol–water partition coefficient (Wildman–Crippen LogP) is 3.30. The van der Waals surface area contributed by atoms with Gasteiger partial charge in [0, 0.05) is 24.3 Å². The lowest BCUT2D eigenvalue weighted by atomic mass is 9.97. The summed E-state index contributed by atoms with van der Waals surface area (Å²) in [5.74, 6) is 0.889. The Labute approximate surface area is 127 Å². The highest BCUT2D eigenvalue weighted by molar-refractivity contribution is 5.72. The first kappa shape index (κ1) is 15.6. The minimum Gasteiger partial charge on any atom is -0.497 e. The van der Waals surface area contributed by atoms with Crippen molar-refractivity contribution in [3.05, 3.63) is 35.2 Å². The molecule has 0 amide bonds. The monoisotopic (exact) mass is 287 g/mol. The topological polar surface area (TPSA) is 39.1 Å². The van der Waals surface area contributed by atoms with Gasteiger partial charge in [0.15, 0.2) is 0 Å². The molecular formula is C17H25N3O. The van der Waals surface area contributed by atoms with Crippen LogP contribution in [0.4, 0.5) is 0 Å². The lowest BCUT2D eigenvalue weighted by molar-refractivity contribution is 0.414. The molecule has 0 aliphatic carbocycles. The van der Waals surface area contributed by atoms with Gasteiger partial charge in [-0.05, 0) is 50.6 Å². The van der Waals surface area contributed by atoms with Gasteiger partial charge in [0.25, 0.3) is 0 Å². The lowest BCUT2D eigenvalue weighted by Gasteiger charge is -2.12. The molecule has 0 saturated heterocycles. The van der Waals surface area contributed by atoms with E-state index >= 15 is 0 Å². The van der Waals surface area contributed by atoms with Gasteiger partial charge in [-0.2, -0.15) is 5.10 Å². The Morgan fingerprint density at radius 2 is 2.05 bits per heavy atom. The van der Waals surface area contributed by atoms with Crippen molar-refractivity contribution in [2.45, 2.75) is 40.3 Å². The summed E-state index contributed by atoms with van der Waals surface area (Å²) in [5, 5.41) is 7.92. The average molecular weight is 287 g/mol. The van der Waals surface area contributed by atoms with Crippen molar-refractivity contribution in [3.8, 4) is 16.9 Å². The van der Waals surface area contributed by atoms with Crippen molar-refractivity contribution in [1.29, 1.82) is 0 Å². The van der Waals surface area contributed by atoms with E-state index < -0.39 is 0 Å². The molecule has 0 saturated carbocycles. The molecule has 0 spiro atoms. The Morgan fingerprint density at radius 1 is 1.29 bits per heavy atom. The number of nitrogens with one attached hydrogen (secondary N) is 1. The molecule has 21 heavy (non-hydrogen) atoms. The smallest absolute Gasteiger partial charge is 0.119 e. The summed E-state index contributed by atoms with van der Waals surface area (Å²) in [5.41, 5.74) is 6.04. The van der Waals surface area contributed by atoms with E-state index in [1.165, 1.54) is 22.4 Å². The van der Waals surface area contributed by atoms with Crippen LogP contribution in [0.1, 0.15) is 30.3 Å². The van der Waals surface area contributed by atoms with Crippen molar-refractivity contribution in [2.75, 3.05) is 14.2 Å². The average Bonchev–Trinajstić information content (AvgIpc) is 2.75. The standard InChI is InChI=1S/C17H25N3O/c1-6-9-20-13(3)17(12(2)19-20)16-8-7-15(21-5)10-14(16)11-18-4/h7-8,10,18H,6,9,11H2,1-5H3. The zero-order valence-corrected chi connectivity index (χ0v) is 13.7. The summed E-state index contributed by atoms with van der Waals surface area (Å²) >= 11 is 0. The lowest BCUT2D eigenvalue weighted by Crippen LogP contribution is -2.07. The van der Waals surface area contributed by atoms with Crippen molar-refractivity contribution < 1.29 is 4.74 Å². The third-order valence-corrected chi connectivity index (χ3v) is 3.77. The zero-order valence-electron chi connectivity index (χ0n) is 13.7. The van der Waals surface area contributed by atoms with Crippen LogP contribution in [-0.4, -0.2) is 23.9 Å². The first-order valence-corrected chi connectivity index (χ1v) is 7.48. The molecule has 2 aromatic rings. The highest BCUT2D eigenvalue weighted by atomic mass is 16.5. The molecule has 1 aromatic heterocycles. The van der Waals surface area contributed by atoms with Crippen LogP contribution in [0.5, 0.6) is 5.75 Å². The summed E-state index contributed by atoms with van der Waals surface area (Å²) in [6.07, 6.45) is 1.09. The van der Waals surface area contributed by atoms with E-state index in [4.69, 9.17) is 4.74 Å². The van der Waals surface area contributed by atoms with E-state index in [0.717, 1.165) is 31.0 Å². The Bertz CT molecular complexity index is 617. The van der Waals surface area contributed by atoms with Crippen LogP contribution in [0.25, 0.3) is 11.1 Å². The maximum Gasteiger partial charge on any atom is 0.119 e. The maximum atomic E-state index is 5.35. The van der Waals surface area contributed by atoms with Gasteiger partial charge in [-0.15, -0.1) is 0 Å². The SMILES string of the molecule is CCCn1nc(C)c(-c2ccc(OC)cc2CNC)c1C. The molecule has 114 valence electrons. The molecule has 0 unspecified atom stereocenters. The summed E-state index contributed by atoms with van der Waals surface area (Å²) in [7, 11) is 3.66. The van der Waals surface area contributed by atoms with Crippen molar-refractivity contribution >= 4 is 0 Å². The first-order chi connectivity index (χ1) is 10.1. The second-order valence-corrected chi connectivity index (χ2v) is 5.32. The molecular weight excluding hydrogens is 262 g/mol. The van der Waals surface area contributed by atoms with E-state index in [-0.39, 0.29) is 0 Å². The highest BCUT2D eigenvalue weighted by Crippen LogP contribution is 2.32. The van der Waals surface area contributed by atoms with Crippen molar-refractivity contribution in [1.82, 2.24) is 15.1 Å². The van der Waals surface area contributed by atoms with Gasteiger partial charge < -0.3 is 10.1 Å². The van der Waals surface area contributed by atoms with Gasteiger partial charge in [-0.25, -0.2) is 0 Å². The normalized spacial score (nSPS) is 10.9. The van der Waals surface area contributed by atoms with Gasteiger partial charge in [0.05, 0.1) is 12.8 Å². The number of methoxy groups -OCH3 is 1. The van der Waals surface area contributed by atoms with Gasteiger partial charge >= 0.3 is 0 Å². The van der Waals surface area contributed by atoms with Crippen molar-refractivity contribution in [2.24, 2.45) is 0 Å². The minimum absolute atomic E-state index is 0.810. The van der Waals surface area contributed by atoms with E-state index in [9.17, 15) is 0 Å². The Hall–Kier alpha value is -1.81. The fourth-order valence-electron chi connectivity index (χ4n) is 2.79. The van der Waals surface area contributed by atoms with Gasteiger partial charge in [0.2, 0.25) is 0 Å². The zero-order chi connectivity index (χ0) is 15.4. The molecule has 0 atom stereocenters. The number of benzene rings is 1. The molecule has 2 rings (SSSR count). The number of nitrogens with zero attached hydrogens (tertiary/aromatic N) is 2. The summed E-state index contributed by atoms with van der Waals surface area (Å²) in [4.78, 5) is 0. The largest absolute Gasteiger partial charge is 0.497 e. The third kappa shape index (κ3) is 3.10. The van der Waals surface area contributed by atoms with Crippen LogP contribution < -0.4 is 10.1 Å².